The molecule has 0 aromatic rings. The molecule has 2 aliphatic carbocycles. The number of rotatable bonds is 5. The third kappa shape index (κ3) is 3.14. The maximum absolute atomic E-state index is 12.2. The topological polar surface area (TPSA) is 66.4 Å². The summed E-state index contributed by atoms with van der Waals surface area (Å²) in [5.74, 6) is -1.96. The predicted octanol–water partition coefficient (Wildman–Crippen LogP) is 2.06. The number of amides is 1. The highest BCUT2D eigenvalue weighted by Crippen LogP contribution is 2.42. The number of carbonyl (C=O) groups excluding carboxylic acids is 1. The molecule has 106 valence electrons. The van der Waals surface area contributed by atoms with E-state index in [0.717, 1.165) is 12.8 Å². The number of carbonyl (C=O) groups is 2. The first-order chi connectivity index (χ1) is 9.08. The number of allylic oxidation sites excluding steroid dienone is 2. The van der Waals surface area contributed by atoms with Crippen molar-refractivity contribution in [2.24, 2.45) is 11.8 Å². The molecular formula is C14H21NO3S. The summed E-state index contributed by atoms with van der Waals surface area (Å²) in [5.41, 5.74) is 0. The van der Waals surface area contributed by atoms with E-state index in [-0.39, 0.29) is 10.7 Å². The SMILES string of the molecule is CSC1(CNC(=O)[C@@H]2CC=CC[C@@H]2C(=O)O)CCC1. The zero-order chi connectivity index (χ0) is 13.9. The second-order valence-corrected chi connectivity index (χ2v) is 6.73. The number of carboxylic acid groups (broad SMARTS) is 1. The van der Waals surface area contributed by atoms with Crippen LogP contribution in [0.4, 0.5) is 0 Å². The Kier molecular flexibility index (Phi) is 4.55. The maximum atomic E-state index is 12.2. The smallest absolute Gasteiger partial charge is 0.307 e. The van der Waals surface area contributed by atoms with Crippen LogP contribution in [-0.2, 0) is 9.59 Å². The number of nitrogens with one attached hydrogen (secondary N) is 1. The van der Waals surface area contributed by atoms with Crippen molar-refractivity contribution in [3.8, 4) is 0 Å². The molecule has 1 amide bonds. The number of carboxylic acids is 1. The maximum Gasteiger partial charge on any atom is 0.307 e. The molecule has 0 radical (unpaired) electrons. The van der Waals surface area contributed by atoms with Crippen molar-refractivity contribution >= 4 is 23.6 Å². The van der Waals surface area contributed by atoms with E-state index < -0.39 is 17.8 Å². The van der Waals surface area contributed by atoms with Gasteiger partial charge in [-0.3, -0.25) is 9.59 Å². The molecule has 0 heterocycles. The van der Waals surface area contributed by atoms with Crippen molar-refractivity contribution in [1.82, 2.24) is 5.32 Å². The van der Waals surface area contributed by atoms with Gasteiger partial charge in [0.15, 0.2) is 0 Å². The summed E-state index contributed by atoms with van der Waals surface area (Å²) in [7, 11) is 0. The molecule has 0 aromatic carbocycles. The molecule has 0 unspecified atom stereocenters. The standard InChI is InChI=1S/C14H21NO3S/c1-19-14(7-4-8-14)9-15-12(16)10-5-2-3-6-11(10)13(17)18/h2-3,10-11H,4-9H2,1H3,(H,15,16)(H,17,18)/t10-,11+/m1/s1. The van der Waals surface area contributed by atoms with Gasteiger partial charge in [0.1, 0.15) is 0 Å². The highest BCUT2D eigenvalue weighted by atomic mass is 32.2. The summed E-state index contributed by atoms with van der Waals surface area (Å²) in [6.07, 6.45) is 10.4. The van der Waals surface area contributed by atoms with E-state index in [1.807, 2.05) is 23.9 Å². The average molecular weight is 283 g/mol. The van der Waals surface area contributed by atoms with Gasteiger partial charge in [0.25, 0.3) is 0 Å². The Morgan fingerprint density at radius 2 is 1.95 bits per heavy atom. The van der Waals surface area contributed by atoms with Crippen LogP contribution in [0, 0.1) is 11.8 Å². The Morgan fingerprint density at radius 1 is 1.32 bits per heavy atom. The normalized spacial score (nSPS) is 28.5. The number of hydrogen-bond acceptors (Lipinski definition) is 3. The fourth-order valence-electron chi connectivity index (χ4n) is 2.78. The summed E-state index contributed by atoms with van der Waals surface area (Å²) < 4.78 is 0.193. The summed E-state index contributed by atoms with van der Waals surface area (Å²) in [6.45, 7) is 0.666. The summed E-state index contributed by atoms with van der Waals surface area (Å²) in [5, 5.41) is 12.1. The van der Waals surface area contributed by atoms with Crippen molar-refractivity contribution in [3.05, 3.63) is 12.2 Å². The average Bonchev–Trinajstić information content (AvgIpc) is 2.37. The van der Waals surface area contributed by atoms with Gasteiger partial charge >= 0.3 is 5.97 Å². The van der Waals surface area contributed by atoms with E-state index in [9.17, 15) is 14.7 Å². The fraction of sp³-hybridized carbons (Fsp3) is 0.714. The van der Waals surface area contributed by atoms with Crippen LogP contribution in [-0.4, -0.2) is 34.5 Å². The molecule has 19 heavy (non-hydrogen) atoms. The third-order valence-corrected chi connectivity index (χ3v) is 5.79. The summed E-state index contributed by atoms with van der Waals surface area (Å²) >= 11 is 1.81. The number of thioether (sulfide) groups is 1. The van der Waals surface area contributed by atoms with Crippen LogP contribution < -0.4 is 5.32 Å². The van der Waals surface area contributed by atoms with Crippen LogP contribution in [0.1, 0.15) is 32.1 Å². The Hall–Kier alpha value is -0.970. The molecule has 2 aliphatic rings. The lowest BCUT2D eigenvalue weighted by Gasteiger charge is -2.41. The predicted molar refractivity (Wildman–Crippen MR) is 76.1 cm³/mol. The van der Waals surface area contributed by atoms with Gasteiger partial charge in [0, 0.05) is 11.3 Å². The van der Waals surface area contributed by atoms with Gasteiger partial charge < -0.3 is 10.4 Å². The first kappa shape index (κ1) is 14.4. The van der Waals surface area contributed by atoms with E-state index in [2.05, 4.69) is 11.6 Å². The van der Waals surface area contributed by atoms with Gasteiger partial charge in [0.05, 0.1) is 11.8 Å². The van der Waals surface area contributed by atoms with E-state index in [0.29, 0.717) is 19.4 Å². The van der Waals surface area contributed by atoms with E-state index in [1.54, 1.807) is 0 Å². The van der Waals surface area contributed by atoms with Crippen LogP contribution in [0.2, 0.25) is 0 Å². The quantitative estimate of drug-likeness (QED) is 0.758. The first-order valence-electron chi connectivity index (χ1n) is 6.79. The lowest BCUT2D eigenvalue weighted by molar-refractivity contribution is -0.147. The van der Waals surface area contributed by atoms with Gasteiger partial charge in [-0.25, -0.2) is 0 Å². The Morgan fingerprint density at radius 3 is 2.42 bits per heavy atom. The number of hydrogen-bond donors (Lipinski definition) is 2. The van der Waals surface area contributed by atoms with Crippen LogP contribution >= 0.6 is 11.8 Å². The van der Waals surface area contributed by atoms with E-state index in [4.69, 9.17) is 0 Å². The van der Waals surface area contributed by atoms with Crippen molar-refractivity contribution in [1.29, 1.82) is 0 Å². The largest absolute Gasteiger partial charge is 0.481 e. The molecule has 1 fully saturated rings. The first-order valence-corrected chi connectivity index (χ1v) is 8.01. The minimum Gasteiger partial charge on any atom is -0.481 e. The second kappa shape index (κ2) is 5.99. The molecule has 2 N–H and O–H groups in total. The van der Waals surface area contributed by atoms with Crippen molar-refractivity contribution in [2.75, 3.05) is 12.8 Å². The highest BCUT2D eigenvalue weighted by Gasteiger charge is 2.38. The van der Waals surface area contributed by atoms with Gasteiger partial charge in [-0.2, -0.15) is 11.8 Å². The third-order valence-electron chi connectivity index (χ3n) is 4.37. The zero-order valence-corrected chi connectivity index (χ0v) is 12.0. The van der Waals surface area contributed by atoms with Crippen molar-refractivity contribution in [2.45, 2.75) is 36.9 Å². The molecule has 0 aromatic heterocycles. The van der Waals surface area contributed by atoms with Crippen LogP contribution in [0.3, 0.4) is 0 Å². The Balaban J connectivity index is 1.91. The molecule has 0 saturated heterocycles. The van der Waals surface area contributed by atoms with Gasteiger partial charge in [-0.05, 0) is 31.9 Å². The summed E-state index contributed by atoms with van der Waals surface area (Å²) in [6, 6.07) is 0. The molecule has 0 aliphatic heterocycles. The summed E-state index contributed by atoms with van der Waals surface area (Å²) in [4.78, 5) is 23.4. The second-order valence-electron chi connectivity index (χ2n) is 5.45. The van der Waals surface area contributed by atoms with Gasteiger partial charge in [-0.15, -0.1) is 0 Å². The molecule has 0 bridgehead atoms. The Labute approximate surface area is 118 Å². The van der Waals surface area contributed by atoms with Crippen molar-refractivity contribution < 1.29 is 14.7 Å². The zero-order valence-electron chi connectivity index (χ0n) is 11.2. The van der Waals surface area contributed by atoms with E-state index >= 15 is 0 Å². The van der Waals surface area contributed by atoms with E-state index in [1.165, 1.54) is 6.42 Å². The molecule has 5 heteroatoms. The molecule has 1 saturated carbocycles. The highest BCUT2D eigenvalue weighted by molar-refractivity contribution is 8.00. The monoisotopic (exact) mass is 283 g/mol. The minimum absolute atomic E-state index is 0.0999. The molecular weight excluding hydrogens is 262 g/mol. The molecule has 4 nitrogen and oxygen atoms in total. The molecule has 2 rings (SSSR count). The molecule has 0 spiro atoms. The molecule has 2 atom stereocenters. The van der Waals surface area contributed by atoms with Crippen LogP contribution in [0.15, 0.2) is 12.2 Å². The van der Waals surface area contributed by atoms with Gasteiger partial charge in [0.2, 0.25) is 5.91 Å². The Bertz CT molecular complexity index is 385. The van der Waals surface area contributed by atoms with Gasteiger partial charge in [-0.1, -0.05) is 18.6 Å². The minimum atomic E-state index is -0.868. The number of aliphatic carboxylic acids is 1. The lowest BCUT2D eigenvalue weighted by Crippen LogP contribution is -2.48. The van der Waals surface area contributed by atoms with Crippen LogP contribution in [0.5, 0.6) is 0 Å². The lowest BCUT2D eigenvalue weighted by atomic mass is 9.81. The van der Waals surface area contributed by atoms with Crippen molar-refractivity contribution in [3.63, 3.8) is 0 Å². The van der Waals surface area contributed by atoms with Crippen LogP contribution in [0.25, 0.3) is 0 Å². The fourth-order valence-corrected chi connectivity index (χ4v) is 3.69.